The maximum Gasteiger partial charge on any atom is 0.131 e. The van der Waals surface area contributed by atoms with E-state index >= 15 is 0 Å². The van der Waals surface area contributed by atoms with E-state index in [2.05, 4.69) is 44.2 Å². The Labute approximate surface area is 90.8 Å². The molecule has 0 spiro atoms. The molecule has 1 aromatic rings. The van der Waals surface area contributed by atoms with Crippen LogP contribution >= 0.6 is 0 Å². The highest BCUT2D eigenvalue weighted by atomic mass is 16.5. The molecule has 0 amide bonds. The summed E-state index contributed by atoms with van der Waals surface area (Å²) in [6, 6.07) is 6.52. The molecule has 78 valence electrons. The van der Waals surface area contributed by atoms with Gasteiger partial charge in [0.15, 0.2) is 0 Å². The monoisotopic (exact) mass is 200 g/mol. The number of rotatable bonds is 0. The lowest BCUT2D eigenvalue weighted by atomic mass is 9.78. The minimum Gasteiger partial charge on any atom is -0.483 e. The lowest BCUT2D eigenvalue weighted by molar-refractivity contribution is 0.132. The molecule has 0 radical (unpaired) electrons. The average molecular weight is 200 g/mol. The second-order valence-corrected chi connectivity index (χ2v) is 4.86. The van der Waals surface area contributed by atoms with Gasteiger partial charge in [0, 0.05) is 11.5 Å². The van der Waals surface area contributed by atoms with Gasteiger partial charge in [0.05, 0.1) is 0 Å². The van der Waals surface area contributed by atoms with E-state index in [9.17, 15) is 0 Å². The van der Waals surface area contributed by atoms with E-state index in [1.165, 1.54) is 24.0 Å². The molecule has 2 unspecified atom stereocenters. The van der Waals surface area contributed by atoms with Crippen molar-refractivity contribution in [1.29, 1.82) is 0 Å². The number of fused-ring (bicyclic) bond motifs is 3. The Hall–Kier alpha value is -1.24. The fraction of sp³-hybridized carbons (Fsp3) is 0.429. The summed E-state index contributed by atoms with van der Waals surface area (Å²) in [5, 5.41) is 0. The number of allylic oxidation sites excluding steroid dienone is 1. The Morgan fingerprint density at radius 1 is 1.40 bits per heavy atom. The second kappa shape index (κ2) is 2.88. The first kappa shape index (κ1) is 9.02. The van der Waals surface area contributed by atoms with E-state index in [0.717, 1.165) is 5.75 Å². The first-order valence-electron chi connectivity index (χ1n) is 5.66. The summed E-state index contributed by atoms with van der Waals surface area (Å²) in [7, 11) is 0. The van der Waals surface area contributed by atoms with Crippen molar-refractivity contribution in [1.82, 2.24) is 0 Å². The quantitative estimate of drug-likeness (QED) is 0.582. The highest BCUT2D eigenvalue weighted by Gasteiger charge is 2.43. The van der Waals surface area contributed by atoms with Gasteiger partial charge in [-0.2, -0.15) is 0 Å². The van der Waals surface area contributed by atoms with Gasteiger partial charge in [0.1, 0.15) is 11.4 Å². The number of ether oxygens (including phenoxy) is 1. The van der Waals surface area contributed by atoms with Crippen LogP contribution in [0.25, 0.3) is 0 Å². The molecule has 0 fully saturated rings. The molecule has 0 saturated carbocycles. The van der Waals surface area contributed by atoms with Gasteiger partial charge in [-0.1, -0.05) is 23.8 Å². The summed E-state index contributed by atoms with van der Waals surface area (Å²) >= 11 is 0. The van der Waals surface area contributed by atoms with Crippen LogP contribution in [0.2, 0.25) is 0 Å². The normalized spacial score (nSPS) is 32.0. The van der Waals surface area contributed by atoms with Crippen molar-refractivity contribution in [2.75, 3.05) is 0 Å². The maximum atomic E-state index is 6.07. The van der Waals surface area contributed by atoms with Gasteiger partial charge in [0.2, 0.25) is 0 Å². The Balaban J connectivity index is 2.13. The van der Waals surface area contributed by atoms with Gasteiger partial charge in [-0.3, -0.25) is 0 Å². The summed E-state index contributed by atoms with van der Waals surface area (Å²) in [6.07, 6.45) is 6.87. The highest BCUT2D eigenvalue weighted by molar-refractivity contribution is 5.47. The van der Waals surface area contributed by atoms with Gasteiger partial charge < -0.3 is 4.74 Å². The standard InChI is InChI=1S/C14H16O/c1-10-6-7-13-11(9-10)12-5-3-4-8-14(12,2)15-13/h4,6-9,12H,3,5H2,1-2H3. The molecule has 15 heavy (non-hydrogen) atoms. The molecule has 0 aromatic heterocycles. The van der Waals surface area contributed by atoms with Crippen LogP contribution in [0.5, 0.6) is 5.75 Å². The summed E-state index contributed by atoms with van der Waals surface area (Å²) < 4.78 is 6.07. The van der Waals surface area contributed by atoms with Crippen LogP contribution in [0.15, 0.2) is 30.4 Å². The van der Waals surface area contributed by atoms with Crippen LogP contribution in [0.1, 0.15) is 36.8 Å². The second-order valence-electron chi connectivity index (χ2n) is 4.86. The Kier molecular flexibility index (Phi) is 1.73. The largest absolute Gasteiger partial charge is 0.483 e. The fourth-order valence-electron chi connectivity index (χ4n) is 2.82. The zero-order valence-electron chi connectivity index (χ0n) is 9.29. The number of aryl methyl sites for hydroxylation is 1. The van der Waals surface area contributed by atoms with E-state index in [-0.39, 0.29) is 5.60 Å². The highest BCUT2D eigenvalue weighted by Crippen LogP contribution is 2.49. The molecule has 2 aliphatic rings. The predicted octanol–water partition coefficient (Wildman–Crippen LogP) is 3.58. The van der Waals surface area contributed by atoms with Crippen molar-refractivity contribution in [2.24, 2.45) is 0 Å². The van der Waals surface area contributed by atoms with Crippen LogP contribution in [0.4, 0.5) is 0 Å². The molecule has 0 saturated heterocycles. The van der Waals surface area contributed by atoms with Crippen molar-refractivity contribution >= 4 is 0 Å². The maximum absolute atomic E-state index is 6.07. The third-order valence-electron chi connectivity index (χ3n) is 3.63. The third-order valence-corrected chi connectivity index (χ3v) is 3.63. The molecule has 2 atom stereocenters. The zero-order valence-corrected chi connectivity index (χ0v) is 9.29. The first-order valence-corrected chi connectivity index (χ1v) is 5.66. The minimum absolute atomic E-state index is 0.0889. The Bertz CT molecular complexity index is 433. The van der Waals surface area contributed by atoms with Gasteiger partial charge in [-0.15, -0.1) is 0 Å². The van der Waals surface area contributed by atoms with Crippen LogP contribution in [0, 0.1) is 6.92 Å². The van der Waals surface area contributed by atoms with Crippen LogP contribution in [-0.4, -0.2) is 5.60 Å². The van der Waals surface area contributed by atoms with E-state index in [4.69, 9.17) is 4.74 Å². The fourth-order valence-corrected chi connectivity index (χ4v) is 2.82. The smallest absolute Gasteiger partial charge is 0.131 e. The molecule has 1 aromatic carbocycles. The molecule has 1 aliphatic carbocycles. The van der Waals surface area contributed by atoms with E-state index < -0.39 is 0 Å². The molecule has 1 nitrogen and oxygen atoms in total. The van der Waals surface area contributed by atoms with Gasteiger partial charge >= 0.3 is 0 Å². The van der Waals surface area contributed by atoms with Gasteiger partial charge in [0.25, 0.3) is 0 Å². The lowest BCUT2D eigenvalue weighted by Crippen LogP contribution is -2.33. The molecule has 1 heterocycles. The van der Waals surface area contributed by atoms with E-state index in [1.807, 2.05) is 0 Å². The van der Waals surface area contributed by atoms with Crippen LogP contribution in [-0.2, 0) is 0 Å². The van der Waals surface area contributed by atoms with Crippen molar-refractivity contribution in [2.45, 2.75) is 38.2 Å². The van der Waals surface area contributed by atoms with Gasteiger partial charge in [-0.25, -0.2) is 0 Å². The predicted molar refractivity (Wildman–Crippen MR) is 61.3 cm³/mol. The Morgan fingerprint density at radius 2 is 2.27 bits per heavy atom. The Morgan fingerprint density at radius 3 is 3.13 bits per heavy atom. The first-order chi connectivity index (χ1) is 7.19. The number of hydrogen-bond donors (Lipinski definition) is 0. The molecular weight excluding hydrogens is 184 g/mol. The molecule has 0 N–H and O–H groups in total. The van der Waals surface area contributed by atoms with Crippen molar-refractivity contribution < 1.29 is 4.74 Å². The number of hydrogen-bond acceptors (Lipinski definition) is 1. The van der Waals surface area contributed by atoms with Crippen molar-refractivity contribution in [3.05, 3.63) is 41.5 Å². The average Bonchev–Trinajstić information content (AvgIpc) is 2.50. The van der Waals surface area contributed by atoms with Gasteiger partial charge in [-0.05, 0) is 38.8 Å². The summed E-state index contributed by atoms with van der Waals surface area (Å²) in [4.78, 5) is 0. The van der Waals surface area contributed by atoms with E-state index in [0.29, 0.717) is 5.92 Å². The van der Waals surface area contributed by atoms with Crippen molar-refractivity contribution in [3.8, 4) is 5.75 Å². The topological polar surface area (TPSA) is 9.23 Å². The summed E-state index contributed by atoms with van der Waals surface area (Å²) in [5.41, 5.74) is 2.65. The third kappa shape index (κ3) is 1.22. The van der Waals surface area contributed by atoms with Crippen LogP contribution in [0.3, 0.4) is 0 Å². The van der Waals surface area contributed by atoms with Crippen molar-refractivity contribution in [3.63, 3.8) is 0 Å². The molecular formula is C14H16O. The molecule has 1 aliphatic heterocycles. The molecule has 3 rings (SSSR count). The molecule has 1 heteroatoms. The SMILES string of the molecule is Cc1ccc2c(c1)C1CCC=CC1(C)O2. The lowest BCUT2D eigenvalue weighted by Gasteiger charge is -2.30. The minimum atomic E-state index is -0.0889. The summed E-state index contributed by atoms with van der Waals surface area (Å²) in [5.74, 6) is 1.64. The van der Waals surface area contributed by atoms with Crippen LogP contribution < -0.4 is 4.74 Å². The number of benzene rings is 1. The molecule has 0 bridgehead atoms. The summed E-state index contributed by atoms with van der Waals surface area (Å²) in [6.45, 7) is 4.34. The zero-order chi connectivity index (χ0) is 10.5. The van der Waals surface area contributed by atoms with E-state index in [1.54, 1.807) is 0 Å².